The maximum absolute atomic E-state index is 12.1. The predicted molar refractivity (Wildman–Crippen MR) is 127 cm³/mol. The number of hydrogen-bond acceptors (Lipinski definition) is 5. The van der Waals surface area contributed by atoms with E-state index >= 15 is 0 Å². The first kappa shape index (κ1) is 25.7. The lowest BCUT2D eigenvalue weighted by molar-refractivity contribution is 0.0407. The van der Waals surface area contributed by atoms with E-state index in [0.717, 1.165) is 15.4 Å². The molecule has 2 rings (SSSR count). The van der Waals surface area contributed by atoms with E-state index in [-0.39, 0.29) is 6.61 Å². The summed E-state index contributed by atoms with van der Waals surface area (Å²) in [4.78, 5) is 14.0. The number of para-hydroxylation sites is 1. The van der Waals surface area contributed by atoms with Crippen LogP contribution in [0.15, 0.2) is 46.2 Å². The van der Waals surface area contributed by atoms with Crippen molar-refractivity contribution < 1.29 is 19.4 Å². The number of benzene rings is 2. The summed E-state index contributed by atoms with van der Waals surface area (Å²) < 4.78 is 10.7. The molecule has 0 fully saturated rings. The third-order valence-corrected chi connectivity index (χ3v) is 6.17. The lowest BCUT2D eigenvalue weighted by atomic mass is 9.94. The SMILES string of the molecule is COc1c(Cl)cccc1Sc1ccc(CCC(C)(CO)NC(=O)OC(C)(C)C)c(Cl)c1. The van der Waals surface area contributed by atoms with E-state index in [1.54, 1.807) is 40.9 Å². The van der Waals surface area contributed by atoms with Gasteiger partial charge in [0, 0.05) is 9.92 Å². The van der Waals surface area contributed by atoms with E-state index < -0.39 is 17.2 Å². The van der Waals surface area contributed by atoms with Gasteiger partial charge in [-0.15, -0.1) is 0 Å². The zero-order chi connectivity index (χ0) is 23.2. The minimum atomic E-state index is -0.826. The van der Waals surface area contributed by atoms with Gasteiger partial charge in [-0.25, -0.2) is 4.79 Å². The number of halogens is 2. The first-order valence-electron chi connectivity index (χ1n) is 9.87. The summed E-state index contributed by atoms with van der Waals surface area (Å²) in [5.41, 5.74) is -0.509. The maximum atomic E-state index is 12.1. The minimum absolute atomic E-state index is 0.216. The second kappa shape index (κ2) is 10.8. The molecule has 2 N–H and O–H groups in total. The zero-order valence-electron chi connectivity index (χ0n) is 18.4. The second-order valence-electron chi connectivity index (χ2n) is 8.47. The van der Waals surface area contributed by atoms with Crippen LogP contribution in [-0.2, 0) is 11.2 Å². The molecule has 0 aliphatic heterocycles. The van der Waals surface area contributed by atoms with Crippen molar-refractivity contribution >= 4 is 41.1 Å². The number of aliphatic hydroxyl groups excluding tert-OH is 1. The van der Waals surface area contributed by atoms with Gasteiger partial charge in [0.15, 0.2) is 5.75 Å². The number of methoxy groups -OCH3 is 1. The Morgan fingerprint density at radius 1 is 1.13 bits per heavy atom. The standard InChI is InChI=1S/C23H29Cl2NO4S/c1-22(2,3)30-21(28)26-23(4,14-27)12-11-15-9-10-16(13-18(15)25)31-19-8-6-7-17(24)20(19)29-5/h6-10,13,27H,11-12,14H2,1-5H3,(H,26,28). The highest BCUT2D eigenvalue weighted by Gasteiger charge is 2.28. The van der Waals surface area contributed by atoms with Gasteiger partial charge in [-0.1, -0.05) is 47.1 Å². The van der Waals surface area contributed by atoms with Crippen LogP contribution in [0.2, 0.25) is 10.0 Å². The summed E-state index contributed by atoms with van der Waals surface area (Å²) in [5.74, 6) is 0.626. The zero-order valence-corrected chi connectivity index (χ0v) is 20.7. The summed E-state index contributed by atoms with van der Waals surface area (Å²) >= 11 is 14.2. The summed E-state index contributed by atoms with van der Waals surface area (Å²) in [6.07, 6.45) is 0.520. The molecule has 0 heterocycles. The van der Waals surface area contributed by atoms with Crippen LogP contribution in [0.3, 0.4) is 0 Å². The van der Waals surface area contributed by atoms with E-state index in [1.165, 1.54) is 11.8 Å². The van der Waals surface area contributed by atoms with E-state index in [1.807, 2.05) is 30.3 Å². The molecule has 0 bridgehead atoms. The number of amides is 1. The predicted octanol–water partition coefficient (Wildman–Crippen LogP) is 6.36. The van der Waals surface area contributed by atoms with Crippen molar-refractivity contribution in [2.75, 3.05) is 13.7 Å². The van der Waals surface area contributed by atoms with Crippen LogP contribution in [-0.4, -0.2) is 36.1 Å². The molecule has 31 heavy (non-hydrogen) atoms. The Hall–Kier alpha value is -1.60. The molecule has 0 aliphatic rings. The molecule has 0 aliphatic carbocycles. The van der Waals surface area contributed by atoms with Crippen LogP contribution in [0.4, 0.5) is 4.79 Å². The van der Waals surface area contributed by atoms with Crippen LogP contribution in [0.25, 0.3) is 0 Å². The van der Waals surface area contributed by atoms with Gasteiger partial charge in [0.1, 0.15) is 5.60 Å². The molecular formula is C23H29Cl2NO4S. The maximum Gasteiger partial charge on any atom is 0.408 e. The Kier molecular flexibility index (Phi) is 8.95. The van der Waals surface area contributed by atoms with Crippen LogP contribution in [0, 0.1) is 0 Å². The number of aliphatic hydroxyl groups is 1. The number of nitrogens with one attached hydrogen (secondary N) is 1. The Labute approximate surface area is 198 Å². The Balaban J connectivity index is 2.06. The number of rotatable bonds is 8. The van der Waals surface area contributed by atoms with Crippen LogP contribution >= 0.6 is 35.0 Å². The largest absolute Gasteiger partial charge is 0.494 e. The average molecular weight is 486 g/mol. The van der Waals surface area contributed by atoms with Crippen molar-refractivity contribution in [1.29, 1.82) is 0 Å². The number of carbonyl (C=O) groups is 1. The van der Waals surface area contributed by atoms with Gasteiger partial charge in [-0.2, -0.15) is 0 Å². The quantitative estimate of drug-likeness (QED) is 0.454. The number of hydrogen-bond donors (Lipinski definition) is 2. The molecule has 8 heteroatoms. The normalized spacial score (nSPS) is 13.4. The molecule has 1 atom stereocenters. The Morgan fingerprint density at radius 2 is 1.84 bits per heavy atom. The molecule has 0 spiro atoms. The minimum Gasteiger partial charge on any atom is -0.494 e. The molecule has 0 saturated heterocycles. The molecule has 170 valence electrons. The van der Waals surface area contributed by atoms with E-state index in [9.17, 15) is 9.90 Å². The summed E-state index contributed by atoms with van der Waals surface area (Å²) in [7, 11) is 1.59. The van der Waals surface area contributed by atoms with Crippen molar-refractivity contribution in [2.45, 2.75) is 61.5 Å². The molecule has 2 aromatic carbocycles. The lowest BCUT2D eigenvalue weighted by Gasteiger charge is -2.30. The van der Waals surface area contributed by atoms with Crippen molar-refractivity contribution in [3.63, 3.8) is 0 Å². The molecule has 1 unspecified atom stereocenters. The highest BCUT2D eigenvalue weighted by atomic mass is 35.5. The first-order valence-corrected chi connectivity index (χ1v) is 11.4. The third-order valence-electron chi connectivity index (χ3n) is 4.49. The van der Waals surface area contributed by atoms with Crippen molar-refractivity contribution in [1.82, 2.24) is 5.32 Å². The van der Waals surface area contributed by atoms with Crippen molar-refractivity contribution in [3.05, 3.63) is 52.0 Å². The molecular weight excluding hydrogens is 457 g/mol. The van der Waals surface area contributed by atoms with E-state index in [2.05, 4.69) is 5.32 Å². The average Bonchev–Trinajstić information content (AvgIpc) is 2.66. The number of aryl methyl sites for hydroxylation is 1. The van der Waals surface area contributed by atoms with Crippen molar-refractivity contribution in [2.24, 2.45) is 0 Å². The van der Waals surface area contributed by atoms with Gasteiger partial charge in [-0.3, -0.25) is 0 Å². The first-order chi connectivity index (χ1) is 14.5. The fourth-order valence-corrected chi connectivity index (χ4v) is 4.48. The van der Waals surface area contributed by atoms with Crippen LogP contribution in [0.5, 0.6) is 5.75 Å². The molecule has 0 radical (unpaired) electrons. The van der Waals surface area contributed by atoms with Crippen molar-refractivity contribution in [3.8, 4) is 5.75 Å². The number of carbonyl (C=O) groups excluding carboxylic acids is 1. The van der Waals surface area contributed by atoms with Gasteiger partial charge < -0.3 is 19.9 Å². The van der Waals surface area contributed by atoms with Gasteiger partial charge in [0.25, 0.3) is 0 Å². The highest BCUT2D eigenvalue weighted by Crippen LogP contribution is 2.40. The lowest BCUT2D eigenvalue weighted by Crippen LogP contribution is -2.50. The highest BCUT2D eigenvalue weighted by molar-refractivity contribution is 7.99. The fraction of sp³-hybridized carbons (Fsp3) is 0.435. The molecule has 0 aromatic heterocycles. The molecule has 1 amide bonds. The monoisotopic (exact) mass is 485 g/mol. The summed E-state index contributed by atoms with van der Waals surface area (Å²) in [6, 6.07) is 11.4. The molecule has 2 aromatic rings. The Morgan fingerprint density at radius 3 is 2.42 bits per heavy atom. The second-order valence-corrected chi connectivity index (χ2v) is 10.4. The van der Waals surface area contributed by atoms with Gasteiger partial charge in [0.2, 0.25) is 0 Å². The number of ether oxygens (including phenoxy) is 2. The van der Waals surface area contributed by atoms with Gasteiger partial charge in [-0.05, 0) is 70.4 Å². The summed E-state index contributed by atoms with van der Waals surface area (Å²) in [5, 5.41) is 13.8. The smallest absolute Gasteiger partial charge is 0.408 e. The van der Waals surface area contributed by atoms with Gasteiger partial charge in [0.05, 0.1) is 29.2 Å². The number of alkyl carbamates (subject to hydrolysis) is 1. The van der Waals surface area contributed by atoms with E-state index in [4.69, 9.17) is 32.7 Å². The molecule has 5 nitrogen and oxygen atoms in total. The topological polar surface area (TPSA) is 67.8 Å². The Bertz CT molecular complexity index is 917. The molecule has 0 saturated carbocycles. The van der Waals surface area contributed by atoms with Gasteiger partial charge >= 0.3 is 6.09 Å². The van der Waals surface area contributed by atoms with Crippen LogP contribution < -0.4 is 10.1 Å². The van der Waals surface area contributed by atoms with E-state index in [0.29, 0.717) is 28.6 Å². The third kappa shape index (κ3) is 7.79. The van der Waals surface area contributed by atoms with Crippen LogP contribution in [0.1, 0.15) is 39.7 Å². The summed E-state index contributed by atoms with van der Waals surface area (Å²) in [6.45, 7) is 6.94. The fourth-order valence-electron chi connectivity index (χ4n) is 2.83.